The molecule has 0 bridgehead atoms. The Balaban J connectivity index is 3.60. The molecule has 0 aromatic carbocycles. The number of rotatable bonds is 21. The normalized spacial score (nSPS) is 10.6. The van der Waals surface area contributed by atoms with Crippen molar-refractivity contribution in [1.82, 2.24) is 0 Å². The fourth-order valence-electron chi connectivity index (χ4n) is 3.71. The Kier molecular flexibility index (Phi) is 17.3. The molecule has 30 heavy (non-hydrogen) atoms. The lowest BCUT2D eigenvalue weighted by Crippen LogP contribution is -1.90. The van der Waals surface area contributed by atoms with Crippen LogP contribution in [-0.2, 0) is 0 Å². The molecule has 0 heteroatoms. The maximum Gasteiger partial charge on any atom is -0.0320 e. The maximum atomic E-state index is 4.28. The van der Waals surface area contributed by atoms with Gasteiger partial charge in [-0.3, -0.25) is 0 Å². The molecule has 170 valence electrons. The molecule has 0 radical (unpaired) electrons. The lowest BCUT2D eigenvalue weighted by atomic mass is 9.97. The summed E-state index contributed by atoms with van der Waals surface area (Å²) >= 11 is 0. The fraction of sp³-hybridized carbons (Fsp3) is 0.600. The van der Waals surface area contributed by atoms with Crippen molar-refractivity contribution < 1.29 is 0 Å². The van der Waals surface area contributed by atoms with Crippen LogP contribution in [0.3, 0.4) is 0 Å². The summed E-state index contributed by atoms with van der Waals surface area (Å²) < 4.78 is 0. The van der Waals surface area contributed by atoms with E-state index in [4.69, 9.17) is 0 Å². The highest BCUT2D eigenvalue weighted by molar-refractivity contribution is 5.01. The van der Waals surface area contributed by atoms with Gasteiger partial charge in [-0.2, -0.15) is 0 Å². The summed E-state index contributed by atoms with van der Waals surface area (Å²) in [6.45, 7) is 29.1. The average molecular weight is 411 g/mol. The van der Waals surface area contributed by atoms with Crippen LogP contribution in [0.4, 0.5) is 0 Å². The molecule has 0 unspecified atom stereocenters. The van der Waals surface area contributed by atoms with Crippen molar-refractivity contribution in [2.45, 2.75) is 117 Å². The van der Waals surface area contributed by atoms with Crippen LogP contribution < -0.4 is 0 Å². The van der Waals surface area contributed by atoms with Crippen LogP contribution >= 0.6 is 0 Å². The SMILES string of the molecule is C=C(C)CCCC(=C)CCCC(=C)CCCCC(=C)CCCC(=C)CCCC(=C)C. The number of unbranched alkanes of at least 4 members (excludes halogenated alkanes) is 1. The minimum atomic E-state index is 1.13. The highest BCUT2D eigenvalue weighted by Gasteiger charge is 2.02. The molecule has 0 aromatic heterocycles. The minimum absolute atomic E-state index is 1.13. The van der Waals surface area contributed by atoms with Gasteiger partial charge >= 0.3 is 0 Å². The van der Waals surface area contributed by atoms with Gasteiger partial charge in [0.05, 0.1) is 0 Å². The molecule has 0 saturated carbocycles. The van der Waals surface area contributed by atoms with Crippen LogP contribution in [0.15, 0.2) is 72.9 Å². The number of allylic oxidation sites excluding steroid dienone is 6. The second-order valence-electron chi connectivity index (χ2n) is 9.54. The van der Waals surface area contributed by atoms with E-state index in [0.29, 0.717) is 0 Å². The highest BCUT2D eigenvalue weighted by atomic mass is 14.1. The van der Waals surface area contributed by atoms with Gasteiger partial charge in [0, 0.05) is 0 Å². The Labute approximate surface area is 189 Å². The van der Waals surface area contributed by atoms with E-state index >= 15 is 0 Å². The van der Waals surface area contributed by atoms with Crippen molar-refractivity contribution in [2.75, 3.05) is 0 Å². The molecule has 0 nitrogen and oxygen atoms in total. The first-order chi connectivity index (χ1) is 14.2. The molecule has 0 rings (SSSR count). The largest absolute Gasteiger partial charge is 0.100 e. The lowest BCUT2D eigenvalue weighted by molar-refractivity contribution is 0.661. The Morgan fingerprint density at radius 2 is 0.533 bits per heavy atom. The van der Waals surface area contributed by atoms with E-state index in [9.17, 15) is 0 Å². The Morgan fingerprint density at radius 3 is 0.767 bits per heavy atom. The fourth-order valence-corrected chi connectivity index (χ4v) is 3.71. The first kappa shape index (κ1) is 28.4. The van der Waals surface area contributed by atoms with Crippen molar-refractivity contribution in [3.8, 4) is 0 Å². The van der Waals surface area contributed by atoms with Gasteiger partial charge in [-0.05, 0) is 117 Å². The average Bonchev–Trinajstić information content (AvgIpc) is 2.64. The summed E-state index contributed by atoms with van der Waals surface area (Å²) in [5, 5.41) is 0. The van der Waals surface area contributed by atoms with Crippen molar-refractivity contribution in [1.29, 1.82) is 0 Å². The van der Waals surface area contributed by atoms with Gasteiger partial charge in [-0.1, -0.05) is 59.8 Å². The first-order valence-corrected chi connectivity index (χ1v) is 12.2. The molecule has 0 heterocycles. The van der Waals surface area contributed by atoms with Crippen LogP contribution in [-0.4, -0.2) is 0 Å². The van der Waals surface area contributed by atoms with E-state index in [-0.39, 0.29) is 0 Å². The first-order valence-electron chi connectivity index (χ1n) is 12.2. The van der Waals surface area contributed by atoms with E-state index < -0.39 is 0 Å². The van der Waals surface area contributed by atoms with Gasteiger partial charge in [-0.25, -0.2) is 0 Å². The molecule has 0 aliphatic heterocycles. The van der Waals surface area contributed by atoms with E-state index in [2.05, 4.69) is 53.3 Å². The van der Waals surface area contributed by atoms with Gasteiger partial charge in [0.15, 0.2) is 0 Å². The van der Waals surface area contributed by atoms with E-state index in [1.807, 2.05) is 0 Å². The third-order valence-electron chi connectivity index (χ3n) is 5.70. The zero-order valence-corrected chi connectivity index (χ0v) is 20.6. The minimum Gasteiger partial charge on any atom is -0.100 e. The Hall–Kier alpha value is -1.56. The lowest BCUT2D eigenvalue weighted by Gasteiger charge is -2.10. The van der Waals surface area contributed by atoms with E-state index in [1.54, 1.807) is 0 Å². The van der Waals surface area contributed by atoms with E-state index in [1.165, 1.54) is 72.0 Å². The second-order valence-corrected chi connectivity index (χ2v) is 9.54. The third kappa shape index (κ3) is 19.7. The summed E-state index contributed by atoms with van der Waals surface area (Å²) in [4.78, 5) is 0. The smallest absolute Gasteiger partial charge is 0.0320 e. The summed E-state index contributed by atoms with van der Waals surface area (Å²) in [7, 11) is 0. The van der Waals surface area contributed by atoms with Crippen molar-refractivity contribution in [2.24, 2.45) is 0 Å². The van der Waals surface area contributed by atoms with Crippen LogP contribution in [0.5, 0.6) is 0 Å². The molecule has 0 aliphatic rings. The molecule has 0 amide bonds. The van der Waals surface area contributed by atoms with Gasteiger partial charge in [-0.15, -0.1) is 13.2 Å². The maximum absolute atomic E-state index is 4.28. The van der Waals surface area contributed by atoms with Crippen molar-refractivity contribution in [3.05, 3.63) is 72.9 Å². The predicted octanol–water partition coefficient (Wildman–Crippen LogP) is 10.6. The monoisotopic (exact) mass is 410 g/mol. The van der Waals surface area contributed by atoms with Crippen LogP contribution in [0.2, 0.25) is 0 Å². The molecule has 0 atom stereocenters. The van der Waals surface area contributed by atoms with Crippen molar-refractivity contribution >= 4 is 0 Å². The summed E-state index contributed by atoms with van der Waals surface area (Å²) in [6.07, 6.45) is 18.7. The van der Waals surface area contributed by atoms with Crippen LogP contribution in [0.25, 0.3) is 0 Å². The van der Waals surface area contributed by atoms with E-state index in [0.717, 1.165) is 64.2 Å². The van der Waals surface area contributed by atoms with Crippen LogP contribution in [0.1, 0.15) is 117 Å². The molecule has 0 fully saturated rings. The second kappa shape index (κ2) is 18.2. The molecule has 0 N–H and O–H groups in total. The van der Waals surface area contributed by atoms with Gasteiger partial charge in [0.25, 0.3) is 0 Å². The molecule has 0 saturated heterocycles. The van der Waals surface area contributed by atoms with Gasteiger partial charge < -0.3 is 0 Å². The zero-order valence-electron chi connectivity index (χ0n) is 20.6. The molecular weight excluding hydrogens is 360 g/mol. The summed E-state index contributed by atoms with van der Waals surface area (Å²) in [5.74, 6) is 0. The highest BCUT2D eigenvalue weighted by Crippen LogP contribution is 2.21. The molecule has 0 spiro atoms. The topological polar surface area (TPSA) is 0 Å². The summed E-state index contributed by atoms with van der Waals surface area (Å²) in [5.41, 5.74) is 8.14. The molecular formula is C30H50. The molecule has 0 aliphatic carbocycles. The third-order valence-corrected chi connectivity index (χ3v) is 5.70. The number of hydrogen-bond donors (Lipinski definition) is 0. The number of hydrogen-bond acceptors (Lipinski definition) is 0. The standard InChI is InChI=1S/C30H50/c1-25(2)15-11-19-29(7)23-13-21-27(5)17-9-10-18-28(6)22-14-24-30(8)20-12-16-26(3)4/h1,3,5-24H2,2,4H3. The summed E-state index contributed by atoms with van der Waals surface area (Å²) in [6, 6.07) is 0. The Bertz CT molecular complexity index is 517. The van der Waals surface area contributed by atoms with Crippen molar-refractivity contribution in [3.63, 3.8) is 0 Å². The predicted molar refractivity (Wildman–Crippen MR) is 140 cm³/mol. The van der Waals surface area contributed by atoms with Crippen LogP contribution in [0, 0.1) is 0 Å². The Morgan fingerprint density at radius 1 is 0.333 bits per heavy atom. The quantitative estimate of drug-likeness (QED) is 0.130. The zero-order chi connectivity index (χ0) is 22.8. The van der Waals surface area contributed by atoms with Gasteiger partial charge in [0.2, 0.25) is 0 Å². The van der Waals surface area contributed by atoms with Gasteiger partial charge in [0.1, 0.15) is 0 Å². The molecule has 0 aromatic rings.